The van der Waals surface area contributed by atoms with Crippen LogP contribution >= 0.6 is 0 Å². The fourth-order valence-corrected chi connectivity index (χ4v) is 6.79. The molecule has 2 aliphatic heterocycles. The van der Waals surface area contributed by atoms with E-state index in [2.05, 4.69) is 116 Å². The maximum absolute atomic E-state index is 13.5. The molecule has 4 rings (SSSR count). The van der Waals surface area contributed by atoms with Gasteiger partial charge >= 0.3 is 0 Å². The van der Waals surface area contributed by atoms with Crippen LogP contribution in [0.25, 0.3) is 0 Å². The highest BCUT2D eigenvalue weighted by molar-refractivity contribution is 5.97. The molecule has 0 aromatic heterocycles. The minimum Gasteiger partial charge on any atom is -0.492 e. The maximum Gasteiger partial charge on any atom is 0.257 e. The molecule has 1 unspecified atom stereocenters. The first-order chi connectivity index (χ1) is 22.3. The number of carbonyl (C=O) groups excluding carboxylic acids is 1. The third-order valence-corrected chi connectivity index (χ3v) is 9.54. The van der Waals surface area contributed by atoms with Crippen LogP contribution in [0.4, 0.5) is 5.69 Å². The number of ether oxygens (including phenoxy) is 2. The summed E-state index contributed by atoms with van der Waals surface area (Å²) in [6.45, 7) is 29.3. The van der Waals surface area contributed by atoms with Crippen molar-refractivity contribution in [2.24, 2.45) is 10.8 Å². The van der Waals surface area contributed by atoms with Gasteiger partial charge in [-0.3, -0.25) is 4.79 Å². The molecule has 1 amide bonds. The van der Waals surface area contributed by atoms with Gasteiger partial charge in [-0.25, -0.2) is 0 Å². The Morgan fingerprint density at radius 2 is 1.54 bits per heavy atom. The molecule has 0 saturated carbocycles. The van der Waals surface area contributed by atoms with Crippen LogP contribution < -0.4 is 20.3 Å². The van der Waals surface area contributed by atoms with Crippen LogP contribution in [0.2, 0.25) is 0 Å². The van der Waals surface area contributed by atoms with Gasteiger partial charge in [-0.1, -0.05) is 58.9 Å². The molecule has 2 saturated heterocycles. The van der Waals surface area contributed by atoms with Crippen molar-refractivity contribution in [2.75, 3.05) is 44.3 Å². The van der Waals surface area contributed by atoms with Crippen LogP contribution in [0.15, 0.2) is 48.5 Å². The van der Waals surface area contributed by atoms with Gasteiger partial charge in [0.25, 0.3) is 5.91 Å². The highest BCUT2D eigenvalue weighted by atomic mass is 16.5. The van der Waals surface area contributed by atoms with Gasteiger partial charge in [0.1, 0.15) is 5.75 Å². The van der Waals surface area contributed by atoms with Crippen LogP contribution in [-0.4, -0.2) is 73.4 Å². The van der Waals surface area contributed by atoms with Gasteiger partial charge in [0, 0.05) is 55.0 Å². The Bertz CT molecular complexity index is 1320. The van der Waals surface area contributed by atoms with E-state index in [4.69, 9.17) is 9.47 Å². The molecule has 7 nitrogen and oxygen atoms in total. The van der Waals surface area contributed by atoms with Crippen LogP contribution in [0, 0.1) is 10.8 Å². The van der Waals surface area contributed by atoms with Crippen molar-refractivity contribution < 1.29 is 14.3 Å². The summed E-state index contributed by atoms with van der Waals surface area (Å²) in [5, 5.41) is 7.55. The largest absolute Gasteiger partial charge is 0.492 e. The Balaban J connectivity index is 1.20. The smallest absolute Gasteiger partial charge is 0.257 e. The number of hydrogen-bond donors (Lipinski definition) is 2. The first kappa shape index (κ1) is 38.2. The quantitative estimate of drug-likeness (QED) is 0.213. The Hall–Kier alpha value is -2.61. The summed E-state index contributed by atoms with van der Waals surface area (Å²) in [7, 11) is 0. The maximum atomic E-state index is 13.5. The lowest BCUT2D eigenvalue weighted by Gasteiger charge is -2.34. The zero-order valence-corrected chi connectivity index (χ0v) is 32.0. The summed E-state index contributed by atoms with van der Waals surface area (Å²) in [6, 6.07) is 17.3. The average Bonchev–Trinajstić information content (AvgIpc) is 3.67. The molecule has 2 fully saturated rings. The van der Waals surface area contributed by atoms with E-state index < -0.39 is 0 Å². The second kappa shape index (κ2) is 15.5. The number of nitrogens with zero attached hydrogens (tertiary/aromatic N) is 2. The number of hydrogen-bond acceptors (Lipinski definition) is 6. The molecule has 2 aliphatic rings. The van der Waals surface area contributed by atoms with Gasteiger partial charge in [0.15, 0.2) is 0 Å². The van der Waals surface area contributed by atoms with Gasteiger partial charge < -0.3 is 29.9 Å². The molecule has 3 atom stereocenters. The molecular weight excluding hydrogens is 596 g/mol. The van der Waals surface area contributed by atoms with Crippen LogP contribution in [-0.2, 0) is 4.74 Å². The summed E-state index contributed by atoms with van der Waals surface area (Å²) in [5.41, 5.74) is 3.42. The standard InChI is InChI=1S/C41H66N4O3/c1-30(42-39(5,6)7)31-16-18-33(19-17-31)44-25-21-34(27-44)47-29-40(8,9)22-23-41(10,11)43-32-20-24-45(26-32)37(46)35-14-12-13-15-36(35)48-28-38(2,3)4/h12-19,30,32,34,42-43H,20-29H2,1-11H3/t30?,32-,34-/m1/s1. The van der Waals surface area contributed by atoms with Crippen molar-refractivity contribution >= 4 is 11.6 Å². The summed E-state index contributed by atoms with van der Waals surface area (Å²) in [6.07, 6.45) is 4.40. The number of benzene rings is 2. The molecule has 0 spiro atoms. The van der Waals surface area contributed by atoms with Crippen molar-refractivity contribution in [3.05, 3.63) is 59.7 Å². The van der Waals surface area contributed by atoms with Gasteiger partial charge in [0.2, 0.25) is 0 Å². The Labute approximate surface area is 292 Å². The van der Waals surface area contributed by atoms with Gasteiger partial charge in [0.05, 0.1) is 24.9 Å². The SMILES string of the molecule is CC(NC(C)(C)C)c1ccc(N2CC[C@@H](OCC(C)(C)CCC(C)(C)N[C@@H]3CCN(C(=O)c4ccccc4OCC(C)(C)C)C3)C2)cc1. The number of para-hydroxylation sites is 1. The second-order valence-electron chi connectivity index (χ2n) is 18.1. The van der Waals surface area contributed by atoms with E-state index in [1.165, 1.54) is 11.3 Å². The molecule has 0 radical (unpaired) electrons. The number of nitrogens with one attached hydrogen (secondary N) is 2. The average molecular weight is 663 g/mol. The lowest BCUT2D eigenvalue weighted by Crippen LogP contribution is -2.48. The number of likely N-dealkylation sites (tertiary alicyclic amines) is 1. The first-order valence-corrected chi connectivity index (χ1v) is 18.3. The Kier molecular flexibility index (Phi) is 12.3. The van der Waals surface area contributed by atoms with Crippen molar-refractivity contribution in [3.63, 3.8) is 0 Å². The molecule has 48 heavy (non-hydrogen) atoms. The normalized spacial score (nSPS) is 20.0. The molecule has 2 N–H and O–H groups in total. The molecule has 2 heterocycles. The first-order valence-electron chi connectivity index (χ1n) is 18.3. The third-order valence-electron chi connectivity index (χ3n) is 9.54. The lowest BCUT2D eigenvalue weighted by atomic mass is 9.83. The molecule has 0 aliphatic carbocycles. The molecular formula is C41H66N4O3. The van der Waals surface area contributed by atoms with E-state index in [1.54, 1.807) is 0 Å². The number of carbonyl (C=O) groups is 1. The van der Waals surface area contributed by atoms with Crippen LogP contribution in [0.1, 0.15) is 124 Å². The predicted molar refractivity (Wildman–Crippen MR) is 200 cm³/mol. The summed E-state index contributed by atoms with van der Waals surface area (Å²) < 4.78 is 12.6. The van der Waals surface area contributed by atoms with E-state index in [0.717, 1.165) is 58.5 Å². The van der Waals surface area contributed by atoms with Crippen LogP contribution in [0.3, 0.4) is 0 Å². The van der Waals surface area contributed by atoms with Gasteiger partial charge in [-0.2, -0.15) is 0 Å². The zero-order valence-electron chi connectivity index (χ0n) is 32.0. The molecule has 2 aromatic rings. The summed E-state index contributed by atoms with van der Waals surface area (Å²) in [4.78, 5) is 18.0. The summed E-state index contributed by atoms with van der Waals surface area (Å²) in [5.74, 6) is 0.738. The van der Waals surface area contributed by atoms with E-state index in [9.17, 15) is 4.79 Å². The number of anilines is 1. The van der Waals surface area contributed by atoms with E-state index in [-0.39, 0.29) is 40.0 Å². The number of amides is 1. The minimum atomic E-state index is -0.0368. The van der Waals surface area contributed by atoms with Gasteiger partial charge in [-0.15, -0.1) is 0 Å². The highest BCUT2D eigenvalue weighted by Gasteiger charge is 2.34. The molecule has 2 aromatic carbocycles. The van der Waals surface area contributed by atoms with E-state index in [1.807, 2.05) is 29.2 Å². The number of rotatable bonds is 14. The molecule has 7 heteroatoms. The van der Waals surface area contributed by atoms with Crippen molar-refractivity contribution in [2.45, 2.75) is 131 Å². The minimum absolute atomic E-state index is 0.0271. The molecule has 268 valence electrons. The highest BCUT2D eigenvalue weighted by Crippen LogP contribution is 2.31. The fourth-order valence-electron chi connectivity index (χ4n) is 6.79. The van der Waals surface area contributed by atoms with Crippen molar-refractivity contribution in [1.29, 1.82) is 0 Å². The fraction of sp³-hybridized carbons (Fsp3) is 0.683. The zero-order chi connectivity index (χ0) is 35.3. The Morgan fingerprint density at radius 1 is 0.854 bits per heavy atom. The van der Waals surface area contributed by atoms with Gasteiger partial charge in [-0.05, 0) is 108 Å². The van der Waals surface area contributed by atoms with E-state index >= 15 is 0 Å². The summed E-state index contributed by atoms with van der Waals surface area (Å²) >= 11 is 0. The Morgan fingerprint density at radius 3 is 2.21 bits per heavy atom. The second-order valence-corrected chi connectivity index (χ2v) is 18.1. The third kappa shape index (κ3) is 11.8. The van der Waals surface area contributed by atoms with E-state index in [0.29, 0.717) is 24.0 Å². The van der Waals surface area contributed by atoms with Crippen LogP contribution in [0.5, 0.6) is 5.75 Å². The van der Waals surface area contributed by atoms with Crippen molar-refractivity contribution in [3.8, 4) is 5.75 Å². The lowest BCUT2D eigenvalue weighted by molar-refractivity contribution is 0.00768. The monoisotopic (exact) mass is 663 g/mol. The topological polar surface area (TPSA) is 66.1 Å². The van der Waals surface area contributed by atoms with Crippen molar-refractivity contribution in [1.82, 2.24) is 15.5 Å². The predicted octanol–water partition coefficient (Wildman–Crippen LogP) is 8.25. The molecule has 0 bridgehead atoms.